The topological polar surface area (TPSA) is 43.8 Å². The standard InChI is InChI=1S/C22H25BrN2O2/c23-20-7-3-6-18(14-20)21(26)25-12-9-22(27,10-13-25)16-24-11-8-17-4-1-2-5-19(17)15-24/h1-7,14,27H,8-13,15-16H2. The van der Waals surface area contributed by atoms with Gasteiger partial charge in [0.15, 0.2) is 0 Å². The summed E-state index contributed by atoms with van der Waals surface area (Å²) in [6.07, 6.45) is 2.30. The van der Waals surface area contributed by atoms with Gasteiger partial charge in [-0.3, -0.25) is 9.69 Å². The zero-order valence-corrected chi connectivity index (χ0v) is 17.0. The van der Waals surface area contributed by atoms with Gasteiger partial charge in [-0.2, -0.15) is 0 Å². The first-order chi connectivity index (χ1) is 13.0. The summed E-state index contributed by atoms with van der Waals surface area (Å²) in [5, 5.41) is 11.1. The molecule has 0 spiro atoms. The molecule has 2 aromatic carbocycles. The summed E-state index contributed by atoms with van der Waals surface area (Å²) < 4.78 is 0.909. The predicted octanol–water partition coefficient (Wildman–Crippen LogP) is 3.47. The summed E-state index contributed by atoms with van der Waals surface area (Å²) in [5.74, 6) is 0.0465. The summed E-state index contributed by atoms with van der Waals surface area (Å²) in [6, 6.07) is 16.1. The molecule has 27 heavy (non-hydrogen) atoms. The third kappa shape index (κ3) is 4.26. The van der Waals surface area contributed by atoms with Gasteiger partial charge in [-0.15, -0.1) is 0 Å². The van der Waals surface area contributed by atoms with Gasteiger partial charge in [-0.25, -0.2) is 0 Å². The minimum atomic E-state index is -0.708. The highest BCUT2D eigenvalue weighted by Gasteiger charge is 2.36. The van der Waals surface area contributed by atoms with Crippen LogP contribution in [0.15, 0.2) is 53.0 Å². The van der Waals surface area contributed by atoms with Crippen molar-refractivity contribution in [1.29, 1.82) is 0 Å². The van der Waals surface area contributed by atoms with Crippen molar-refractivity contribution < 1.29 is 9.90 Å². The number of β-amino-alcohol motifs (C(OH)–C–C–N with tert-alkyl or cyclic N) is 1. The second-order valence-electron chi connectivity index (χ2n) is 7.76. The number of benzene rings is 2. The van der Waals surface area contributed by atoms with Gasteiger partial charge in [0, 0.05) is 42.8 Å². The van der Waals surface area contributed by atoms with Gasteiger partial charge < -0.3 is 10.0 Å². The molecule has 2 aromatic rings. The third-order valence-corrected chi connectivity index (χ3v) is 6.27. The molecule has 5 heteroatoms. The monoisotopic (exact) mass is 428 g/mol. The molecule has 2 aliphatic rings. The van der Waals surface area contributed by atoms with E-state index in [-0.39, 0.29) is 5.91 Å². The van der Waals surface area contributed by atoms with E-state index in [2.05, 4.69) is 45.1 Å². The lowest BCUT2D eigenvalue weighted by Gasteiger charge is -2.42. The van der Waals surface area contributed by atoms with E-state index in [4.69, 9.17) is 0 Å². The largest absolute Gasteiger partial charge is 0.388 e. The Bertz CT molecular complexity index is 831. The van der Waals surface area contributed by atoms with Crippen LogP contribution in [0.3, 0.4) is 0 Å². The molecule has 1 saturated heterocycles. The number of aliphatic hydroxyl groups is 1. The van der Waals surface area contributed by atoms with Gasteiger partial charge in [0.25, 0.3) is 5.91 Å². The van der Waals surface area contributed by atoms with Gasteiger partial charge in [0.2, 0.25) is 0 Å². The fraction of sp³-hybridized carbons (Fsp3) is 0.409. The average molecular weight is 429 g/mol. The highest BCUT2D eigenvalue weighted by Crippen LogP contribution is 2.27. The number of piperidine rings is 1. The van der Waals surface area contributed by atoms with Crippen LogP contribution >= 0.6 is 15.9 Å². The van der Waals surface area contributed by atoms with Crippen LogP contribution in [0.2, 0.25) is 0 Å². The molecular formula is C22H25BrN2O2. The van der Waals surface area contributed by atoms with E-state index in [1.165, 1.54) is 11.1 Å². The quantitative estimate of drug-likeness (QED) is 0.813. The zero-order chi connectivity index (χ0) is 18.9. The minimum absolute atomic E-state index is 0.0465. The highest BCUT2D eigenvalue weighted by atomic mass is 79.9. The smallest absolute Gasteiger partial charge is 0.253 e. The molecule has 0 aliphatic carbocycles. The van der Waals surface area contributed by atoms with Crippen molar-refractivity contribution >= 4 is 21.8 Å². The fourth-order valence-electron chi connectivity index (χ4n) is 4.19. The molecule has 0 atom stereocenters. The number of halogens is 1. The van der Waals surface area contributed by atoms with Crippen molar-refractivity contribution in [1.82, 2.24) is 9.80 Å². The van der Waals surface area contributed by atoms with Gasteiger partial charge in [-0.05, 0) is 48.6 Å². The first-order valence-corrected chi connectivity index (χ1v) is 10.4. The highest BCUT2D eigenvalue weighted by molar-refractivity contribution is 9.10. The number of fused-ring (bicyclic) bond motifs is 1. The van der Waals surface area contributed by atoms with Crippen LogP contribution in [0, 0.1) is 0 Å². The second-order valence-corrected chi connectivity index (χ2v) is 8.67. The Balaban J connectivity index is 1.35. The molecule has 0 bridgehead atoms. The second kappa shape index (κ2) is 7.74. The average Bonchev–Trinajstić information content (AvgIpc) is 2.68. The molecule has 0 saturated carbocycles. The molecule has 2 aliphatic heterocycles. The maximum atomic E-state index is 12.7. The van der Waals surface area contributed by atoms with Crippen molar-refractivity contribution in [2.75, 3.05) is 26.2 Å². The molecule has 2 heterocycles. The van der Waals surface area contributed by atoms with Gasteiger partial charge in [-0.1, -0.05) is 46.3 Å². The lowest BCUT2D eigenvalue weighted by Crippen LogP contribution is -2.52. The first-order valence-electron chi connectivity index (χ1n) is 9.59. The molecule has 4 rings (SSSR count). The van der Waals surface area contributed by atoms with E-state index in [0.29, 0.717) is 38.0 Å². The lowest BCUT2D eigenvalue weighted by molar-refractivity contribution is -0.0430. The molecule has 1 N–H and O–H groups in total. The van der Waals surface area contributed by atoms with Crippen molar-refractivity contribution in [3.63, 3.8) is 0 Å². The van der Waals surface area contributed by atoms with Crippen molar-refractivity contribution in [3.05, 3.63) is 69.7 Å². The molecule has 0 radical (unpaired) electrons. The number of rotatable bonds is 3. The van der Waals surface area contributed by atoms with Crippen LogP contribution in [0.4, 0.5) is 0 Å². The van der Waals surface area contributed by atoms with Gasteiger partial charge in [0.05, 0.1) is 5.60 Å². The maximum Gasteiger partial charge on any atom is 0.253 e. The van der Waals surface area contributed by atoms with Crippen molar-refractivity contribution in [2.24, 2.45) is 0 Å². The number of likely N-dealkylation sites (tertiary alicyclic amines) is 1. The molecule has 1 fully saturated rings. The number of hydrogen-bond acceptors (Lipinski definition) is 3. The Hall–Kier alpha value is -1.69. The summed E-state index contributed by atoms with van der Waals surface area (Å²) in [6.45, 7) is 3.78. The molecule has 4 nitrogen and oxygen atoms in total. The van der Waals surface area contributed by atoms with Crippen LogP contribution in [0.25, 0.3) is 0 Å². The summed E-state index contributed by atoms with van der Waals surface area (Å²) in [7, 11) is 0. The van der Waals surface area contributed by atoms with Crippen LogP contribution < -0.4 is 0 Å². The van der Waals surface area contributed by atoms with Crippen LogP contribution in [0.1, 0.15) is 34.3 Å². The molecule has 0 aromatic heterocycles. The Morgan fingerprint density at radius 2 is 1.78 bits per heavy atom. The predicted molar refractivity (Wildman–Crippen MR) is 110 cm³/mol. The number of amides is 1. The molecule has 142 valence electrons. The van der Waals surface area contributed by atoms with E-state index in [0.717, 1.165) is 24.0 Å². The summed E-state index contributed by atoms with van der Waals surface area (Å²) >= 11 is 3.42. The van der Waals surface area contributed by atoms with Crippen molar-refractivity contribution in [2.45, 2.75) is 31.4 Å². The maximum absolute atomic E-state index is 12.7. The SMILES string of the molecule is O=C(c1cccc(Br)c1)N1CCC(O)(CN2CCc3ccccc3C2)CC1. The summed E-state index contributed by atoms with van der Waals surface area (Å²) in [4.78, 5) is 16.9. The van der Waals surface area contributed by atoms with Gasteiger partial charge >= 0.3 is 0 Å². The van der Waals surface area contributed by atoms with Crippen molar-refractivity contribution in [3.8, 4) is 0 Å². The first kappa shape index (κ1) is 18.7. The third-order valence-electron chi connectivity index (χ3n) is 5.78. The number of carbonyl (C=O) groups is 1. The van der Waals surface area contributed by atoms with Crippen LogP contribution in [-0.2, 0) is 13.0 Å². The Morgan fingerprint density at radius 1 is 1.04 bits per heavy atom. The van der Waals surface area contributed by atoms with Gasteiger partial charge in [0.1, 0.15) is 0 Å². The van der Waals surface area contributed by atoms with E-state index in [1.807, 2.05) is 29.2 Å². The number of hydrogen-bond donors (Lipinski definition) is 1. The van der Waals surface area contributed by atoms with Crippen LogP contribution in [-0.4, -0.2) is 52.6 Å². The Morgan fingerprint density at radius 3 is 2.52 bits per heavy atom. The zero-order valence-electron chi connectivity index (χ0n) is 15.4. The molecular weight excluding hydrogens is 404 g/mol. The van der Waals surface area contributed by atoms with E-state index in [9.17, 15) is 9.90 Å². The van der Waals surface area contributed by atoms with Crippen LogP contribution in [0.5, 0.6) is 0 Å². The Labute approximate surface area is 168 Å². The fourth-order valence-corrected chi connectivity index (χ4v) is 4.59. The summed E-state index contributed by atoms with van der Waals surface area (Å²) in [5.41, 5.74) is 2.78. The lowest BCUT2D eigenvalue weighted by atomic mass is 9.89. The van der Waals surface area contributed by atoms with E-state index < -0.39 is 5.60 Å². The number of carbonyl (C=O) groups excluding carboxylic acids is 1. The van der Waals surface area contributed by atoms with E-state index in [1.54, 1.807) is 0 Å². The number of nitrogens with zero attached hydrogens (tertiary/aromatic N) is 2. The van der Waals surface area contributed by atoms with E-state index >= 15 is 0 Å². The molecule has 0 unspecified atom stereocenters. The normalized spacial score (nSPS) is 19.6. The minimum Gasteiger partial charge on any atom is -0.388 e. The molecule has 1 amide bonds. The Kier molecular flexibility index (Phi) is 5.35.